The molecule has 0 N–H and O–H groups in total. The maximum Gasteiger partial charge on any atom is 0.160 e. The molecule has 5 heteroatoms. The van der Waals surface area contributed by atoms with Crippen LogP contribution in [0.25, 0.3) is 11.2 Å². The van der Waals surface area contributed by atoms with Gasteiger partial charge in [-0.2, -0.15) is 0 Å². The van der Waals surface area contributed by atoms with E-state index in [0.717, 1.165) is 42.5 Å². The fraction of sp³-hybridized carbons (Fsp3) is 0.571. The molecule has 102 valence electrons. The summed E-state index contributed by atoms with van der Waals surface area (Å²) < 4.78 is 7.83. The first-order valence-corrected chi connectivity index (χ1v) is 7.36. The molecule has 2 aromatic heterocycles. The summed E-state index contributed by atoms with van der Waals surface area (Å²) in [5.41, 5.74) is 1.86. The Hall–Kier alpha value is -1.13. The van der Waals surface area contributed by atoms with E-state index in [1.807, 2.05) is 12.1 Å². The summed E-state index contributed by atoms with van der Waals surface area (Å²) in [5.74, 6) is 2.38. The molecule has 4 nitrogen and oxygen atoms in total. The fourth-order valence-corrected chi connectivity index (χ4v) is 2.38. The third-order valence-corrected chi connectivity index (χ3v) is 3.60. The van der Waals surface area contributed by atoms with Gasteiger partial charge in [0.2, 0.25) is 0 Å². The molecule has 0 unspecified atom stereocenters. The number of fused-ring (bicyclic) bond motifs is 1. The van der Waals surface area contributed by atoms with Gasteiger partial charge >= 0.3 is 0 Å². The zero-order valence-electron chi connectivity index (χ0n) is 10.9. The molecule has 1 fully saturated rings. The Kier molecular flexibility index (Phi) is 3.99. The number of hydrogen-bond donors (Lipinski definition) is 0. The van der Waals surface area contributed by atoms with Crippen LogP contribution < -0.4 is 0 Å². The van der Waals surface area contributed by atoms with Crippen LogP contribution in [-0.2, 0) is 17.7 Å². The lowest BCUT2D eigenvalue weighted by Gasteiger charge is -2.08. The molecule has 0 bridgehead atoms. The molecule has 2 heterocycles. The number of imidazole rings is 1. The van der Waals surface area contributed by atoms with Crippen LogP contribution in [0, 0.1) is 5.92 Å². The van der Waals surface area contributed by atoms with Gasteiger partial charge in [-0.15, -0.1) is 11.6 Å². The highest BCUT2D eigenvalue weighted by Gasteiger charge is 2.21. The molecule has 19 heavy (non-hydrogen) atoms. The summed E-state index contributed by atoms with van der Waals surface area (Å²) in [7, 11) is 0. The SMILES string of the molecule is ClCCc1nc2cccnc2n1CCOCC1CC1. The van der Waals surface area contributed by atoms with E-state index in [4.69, 9.17) is 16.3 Å². The first-order chi connectivity index (χ1) is 9.38. The molecule has 0 atom stereocenters. The third-order valence-electron chi connectivity index (χ3n) is 3.41. The Morgan fingerprint density at radius 3 is 3.11 bits per heavy atom. The fourth-order valence-electron chi connectivity index (χ4n) is 2.21. The quantitative estimate of drug-likeness (QED) is 0.578. The third kappa shape index (κ3) is 3.07. The maximum atomic E-state index is 5.84. The predicted octanol–water partition coefficient (Wildman–Crippen LogP) is 2.64. The monoisotopic (exact) mass is 279 g/mol. The topological polar surface area (TPSA) is 39.9 Å². The van der Waals surface area contributed by atoms with Crippen molar-refractivity contribution >= 4 is 22.8 Å². The number of hydrogen-bond acceptors (Lipinski definition) is 3. The van der Waals surface area contributed by atoms with Crippen molar-refractivity contribution in [2.45, 2.75) is 25.8 Å². The van der Waals surface area contributed by atoms with Crippen molar-refractivity contribution < 1.29 is 4.74 Å². The first-order valence-electron chi connectivity index (χ1n) is 6.82. The standard InChI is InChI=1S/C14H18ClN3O/c15-6-5-13-17-12-2-1-7-16-14(12)18(13)8-9-19-10-11-3-4-11/h1-2,7,11H,3-6,8-10H2. The molecule has 0 amide bonds. The van der Waals surface area contributed by atoms with Gasteiger partial charge in [0.1, 0.15) is 11.3 Å². The molecular formula is C14H18ClN3O. The average Bonchev–Trinajstić information content (AvgIpc) is 3.18. The van der Waals surface area contributed by atoms with Gasteiger partial charge in [-0.05, 0) is 30.9 Å². The minimum Gasteiger partial charge on any atom is -0.379 e. The first kappa shape index (κ1) is 12.9. The van der Waals surface area contributed by atoms with E-state index in [9.17, 15) is 0 Å². The highest BCUT2D eigenvalue weighted by Crippen LogP contribution is 2.28. The van der Waals surface area contributed by atoms with Crippen molar-refractivity contribution in [3.8, 4) is 0 Å². The molecule has 2 aromatic rings. The lowest BCUT2D eigenvalue weighted by molar-refractivity contribution is 0.117. The normalized spacial score (nSPS) is 15.2. The minimum absolute atomic E-state index is 0.576. The molecule has 1 aliphatic carbocycles. The Balaban J connectivity index is 1.72. The van der Waals surface area contributed by atoms with E-state index in [-0.39, 0.29) is 0 Å². The van der Waals surface area contributed by atoms with E-state index < -0.39 is 0 Å². The predicted molar refractivity (Wildman–Crippen MR) is 75.5 cm³/mol. The lowest BCUT2D eigenvalue weighted by atomic mass is 10.4. The molecular weight excluding hydrogens is 262 g/mol. The average molecular weight is 280 g/mol. The van der Waals surface area contributed by atoms with Gasteiger partial charge < -0.3 is 9.30 Å². The molecule has 0 saturated heterocycles. The van der Waals surface area contributed by atoms with Gasteiger partial charge in [0, 0.05) is 31.6 Å². The van der Waals surface area contributed by atoms with Crippen LogP contribution in [0.5, 0.6) is 0 Å². The Bertz CT molecular complexity index is 551. The largest absolute Gasteiger partial charge is 0.379 e. The molecule has 1 aliphatic rings. The van der Waals surface area contributed by atoms with Crippen molar-refractivity contribution in [1.82, 2.24) is 14.5 Å². The molecule has 1 saturated carbocycles. The molecule has 0 spiro atoms. The molecule has 0 radical (unpaired) electrons. The number of pyridine rings is 1. The Morgan fingerprint density at radius 1 is 1.42 bits per heavy atom. The highest BCUT2D eigenvalue weighted by atomic mass is 35.5. The smallest absolute Gasteiger partial charge is 0.160 e. The second-order valence-electron chi connectivity index (χ2n) is 4.98. The van der Waals surface area contributed by atoms with Gasteiger partial charge in [0.25, 0.3) is 0 Å². The van der Waals surface area contributed by atoms with Gasteiger partial charge in [0.15, 0.2) is 5.65 Å². The summed E-state index contributed by atoms with van der Waals surface area (Å²) >= 11 is 5.84. The van der Waals surface area contributed by atoms with Gasteiger partial charge in [-0.3, -0.25) is 0 Å². The summed E-state index contributed by atoms with van der Waals surface area (Å²) in [6.45, 7) is 2.41. The second kappa shape index (κ2) is 5.88. The lowest BCUT2D eigenvalue weighted by Crippen LogP contribution is -2.11. The summed E-state index contributed by atoms with van der Waals surface area (Å²) in [5, 5.41) is 0. The van der Waals surface area contributed by atoms with E-state index in [1.54, 1.807) is 6.20 Å². The maximum absolute atomic E-state index is 5.84. The van der Waals surface area contributed by atoms with Crippen molar-refractivity contribution in [1.29, 1.82) is 0 Å². The Labute approximate surface area is 117 Å². The Morgan fingerprint density at radius 2 is 2.32 bits per heavy atom. The van der Waals surface area contributed by atoms with Crippen LogP contribution in [-0.4, -0.2) is 33.6 Å². The van der Waals surface area contributed by atoms with E-state index in [1.165, 1.54) is 12.8 Å². The number of ether oxygens (including phenoxy) is 1. The number of nitrogens with zero attached hydrogens (tertiary/aromatic N) is 3. The van der Waals surface area contributed by atoms with Crippen LogP contribution in [0.4, 0.5) is 0 Å². The van der Waals surface area contributed by atoms with E-state index in [2.05, 4.69) is 14.5 Å². The number of rotatable bonds is 7. The molecule has 0 aromatic carbocycles. The van der Waals surface area contributed by atoms with Crippen molar-refractivity contribution in [2.75, 3.05) is 19.1 Å². The minimum atomic E-state index is 0.576. The van der Waals surface area contributed by atoms with Crippen LogP contribution in [0.1, 0.15) is 18.7 Å². The number of halogens is 1. The summed E-state index contributed by atoms with van der Waals surface area (Å²) in [4.78, 5) is 9.00. The van der Waals surface area contributed by atoms with Crippen molar-refractivity contribution in [2.24, 2.45) is 5.92 Å². The number of aromatic nitrogens is 3. The van der Waals surface area contributed by atoms with Crippen molar-refractivity contribution in [3.05, 3.63) is 24.2 Å². The van der Waals surface area contributed by atoms with E-state index in [0.29, 0.717) is 12.5 Å². The second-order valence-corrected chi connectivity index (χ2v) is 5.36. The number of alkyl halides is 1. The number of aryl methyl sites for hydroxylation is 1. The molecule has 3 rings (SSSR count). The van der Waals surface area contributed by atoms with Gasteiger partial charge in [-0.1, -0.05) is 0 Å². The van der Waals surface area contributed by atoms with Gasteiger partial charge in [0.05, 0.1) is 6.61 Å². The summed E-state index contributed by atoms with van der Waals surface area (Å²) in [6, 6.07) is 3.90. The molecule has 0 aliphatic heterocycles. The zero-order valence-corrected chi connectivity index (χ0v) is 11.6. The van der Waals surface area contributed by atoms with Gasteiger partial charge in [-0.25, -0.2) is 9.97 Å². The highest BCUT2D eigenvalue weighted by molar-refractivity contribution is 6.17. The van der Waals surface area contributed by atoms with Crippen LogP contribution >= 0.6 is 11.6 Å². The van der Waals surface area contributed by atoms with Crippen LogP contribution in [0.15, 0.2) is 18.3 Å². The van der Waals surface area contributed by atoms with Crippen molar-refractivity contribution in [3.63, 3.8) is 0 Å². The van der Waals surface area contributed by atoms with Crippen LogP contribution in [0.3, 0.4) is 0 Å². The van der Waals surface area contributed by atoms with Crippen LogP contribution in [0.2, 0.25) is 0 Å². The zero-order chi connectivity index (χ0) is 13.1. The van der Waals surface area contributed by atoms with E-state index >= 15 is 0 Å². The summed E-state index contributed by atoms with van der Waals surface area (Å²) in [6.07, 6.45) is 5.22.